The number of para-hydroxylation sites is 4. The van der Waals surface area contributed by atoms with Gasteiger partial charge < -0.3 is 27.1 Å². The highest BCUT2D eigenvalue weighted by atomic mass is 16.3. The lowest BCUT2D eigenvalue weighted by molar-refractivity contribution is 0.669. The van der Waals surface area contributed by atoms with E-state index in [4.69, 9.17) is 8.83 Å². The van der Waals surface area contributed by atoms with E-state index in [0.717, 1.165) is 166 Å². The van der Waals surface area contributed by atoms with Crippen molar-refractivity contribution in [2.75, 3.05) is 0 Å². The first kappa shape index (κ1) is 71.0. The van der Waals surface area contributed by atoms with Gasteiger partial charge in [0.2, 0.25) is 0 Å². The Morgan fingerprint density at radius 2 is 0.397 bits per heavy atom. The fraction of sp³-hybridized carbons (Fsp3) is 0. The van der Waals surface area contributed by atoms with Crippen molar-refractivity contribution in [1.29, 1.82) is 0 Å². The molecule has 26 aromatic rings. The Morgan fingerprint density at radius 1 is 0.119 bits per heavy atom. The van der Waals surface area contributed by atoms with Crippen LogP contribution in [0.2, 0.25) is 0 Å². The molecule has 26 rings (SSSR count). The molecule has 0 aliphatic carbocycles. The molecule has 6 nitrogen and oxygen atoms in total. The average molecular weight is 1600 g/mol. The van der Waals surface area contributed by atoms with Gasteiger partial charge in [0.25, 0.3) is 0 Å². The summed E-state index contributed by atoms with van der Waals surface area (Å²) in [5.74, 6) is 0. The van der Waals surface area contributed by atoms with E-state index < -0.39 is 0 Å². The van der Waals surface area contributed by atoms with Gasteiger partial charge in [-0.05, 0) is 221 Å². The van der Waals surface area contributed by atoms with Gasteiger partial charge in [0.1, 0.15) is 22.3 Å². The van der Waals surface area contributed by atoms with Crippen LogP contribution in [0.5, 0.6) is 0 Å². The first-order chi connectivity index (χ1) is 62.4. The van der Waals surface area contributed by atoms with E-state index in [9.17, 15) is 0 Å². The normalized spacial score (nSPS) is 12.0. The van der Waals surface area contributed by atoms with Crippen LogP contribution < -0.4 is 0 Å². The molecular weight excluding hydrogens is 1530 g/mol. The Morgan fingerprint density at radius 3 is 0.841 bits per heavy atom. The van der Waals surface area contributed by atoms with Crippen molar-refractivity contribution in [1.82, 2.24) is 18.3 Å². The lowest BCUT2D eigenvalue weighted by Crippen LogP contribution is -1.95. The summed E-state index contributed by atoms with van der Waals surface area (Å²) >= 11 is 0. The van der Waals surface area contributed by atoms with Gasteiger partial charge in [-0.1, -0.05) is 322 Å². The van der Waals surface area contributed by atoms with Crippen molar-refractivity contribution < 1.29 is 8.83 Å². The molecule has 6 heteroatoms. The zero-order chi connectivity index (χ0) is 82.6. The monoisotopic (exact) mass is 1600 g/mol. The molecule has 0 spiro atoms. The van der Waals surface area contributed by atoms with E-state index in [1.165, 1.54) is 87.5 Å². The minimum atomic E-state index is 0.893. The van der Waals surface area contributed by atoms with Gasteiger partial charge >= 0.3 is 0 Å². The van der Waals surface area contributed by atoms with Crippen LogP contribution in [0.15, 0.2) is 458 Å². The van der Waals surface area contributed by atoms with Crippen molar-refractivity contribution in [3.05, 3.63) is 449 Å². The van der Waals surface area contributed by atoms with Crippen LogP contribution >= 0.6 is 0 Å². The Balaban J connectivity index is 0.483. The lowest BCUT2D eigenvalue weighted by Gasteiger charge is -2.12. The SMILES string of the molecule is c1ccc(-c2ccc3c4ccc(-c5ccc(-c6cccc(-c7ccc8c9ccc(-c%10ccccc%10)cc9n(-c9ccc(-c%10ccc(-c%11ccc(-n%12c%13ccccc%13c%13cc%14c(cc%13%12)oc%12ccccc%12%14)cc%11)cc%10)cc9)c8c7)c6)cc5)cc4n(-c4ccc(-c5ccc(-c6ccc(-n7c8ccccc8c8c9c(ccc87)oc7ccccc79)cc6)cc5)cc4)c3c2)cc1. The molecule has 0 radical (unpaired) electrons. The van der Waals surface area contributed by atoms with Gasteiger partial charge in [0.15, 0.2) is 0 Å². The molecule has 6 aromatic heterocycles. The summed E-state index contributed by atoms with van der Waals surface area (Å²) in [6.07, 6.45) is 0. The molecule has 586 valence electrons. The Kier molecular flexibility index (Phi) is 16.0. The molecule has 0 saturated heterocycles. The maximum atomic E-state index is 6.42. The van der Waals surface area contributed by atoms with E-state index >= 15 is 0 Å². The minimum absolute atomic E-state index is 0.893. The summed E-state index contributed by atoms with van der Waals surface area (Å²) in [6.45, 7) is 0. The first-order valence-electron chi connectivity index (χ1n) is 43.2. The smallest absolute Gasteiger partial charge is 0.137 e. The summed E-state index contributed by atoms with van der Waals surface area (Å²) in [5.41, 5.74) is 38.3. The van der Waals surface area contributed by atoms with Crippen LogP contribution in [0.1, 0.15) is 0 Å². The molecule has 0 atom stereocenters. The van der Waals surface area contributed by atoms with Gasteiger partial charge in [-0.3, -0.25) is 0 Å². The second kappa shape index (κ2) is 28.4. The highest BCUT2D eigenvalue weighted by molar-refractivity contribution is 6.28. The van der Waals surface area contributed by atoms with Crippen LogP contribution in [0, 0.1) is 0 Å². The number of aromatic nitrogens is 4. The largest absolute Gasteiger partial charge is 0.456 e. The van der Waals surface area contributed by atoms with Crippen LogP contribution in [-0.4, -0.2) is 18.3 Å². The van der Waals surface area contributed by atoms with Crippen molar-refractivity contribution >= 4 is 131 Å². The molecule has 0 N–H and O–H groups in total. The predicted molar refractivity (Wildman–Crippen MR) is 527 cm³/mol. The van der Waals surface area contributed by atoms with E-state index in [-0.39, 0.29) is 0 Å². The van der Waals surface area contributed by atoms with Crippen LogP contribution in [-0.2, 0) is 0 Å². The van der Waals surface area contributed by atoms with Crippen LogP contribution in [0.4, 0.5) is 0 Å². The Hall–Kier alpha value is -16.8. The number of benzene rings is 20. The van der Waals surface area contributed by atoms with Gasteiger partial charge in [-0.15, -0.1) is 0 Å². The maximum Gasteiger partial charge on any atom is 0.137 e. The summed E-state index contributed by atoms with van der Waals surface area (Å²) < 4.78 is 22.5. The van der Waals surface area contributed by atoms with Crippen LogP contribution in [0.25, 0.3) is 254 Å². The molecule has 126 heavy (non-hydrogen) atoms. The van der Waals surface area contributed by atoms with Crippen molar-refractivity contribution in [2.24, 2.45) is 0 Å². The zero-order valence-corrected chi connectivity index (χ0v) is 68.3. The van der Waals surface area contributed by atoms with Crippen molar-refractivity contribution in [3.8, 4) is 123 Å². The minimum Gasteiger partial charge on any atom is -0.456 e. The third kappa shape index (κ3) is 11.5. The van der Waals surface area contributed by atoms with Gasteiger partial charge in [-0.2, -0.15) is 0 Å². The van der Waals surface area contributed by atoms with Crippen molar-refractivity contribution in [3.63, 3.8) is 0 Å². The predicted octanol–water partition coefficient (Wildman–Crippen LogP) is 32.9. The van der Waals surface area contributed by atoms with Gasteiger partial charge in [0, 0.05) is 93.5 Å². The maximum absolute atomic E-state index is 6.42. The first-order valence-corrected chi connectivity index (χ1v) is 43.2. The second-order valence-corrected chi connectivity index (χ2v) is 33.4. The Labute approximate surface area is 725 Å². The van der Waals surface area contributed by atoms with E-state index in [1.54, 1.807) is 0 Å². The van der Waals surface area contributed by atoms with Crippen LogP contribution in [0.3, 0.4) is 0 Å². The highest BCUT2D eigenvalue weighted by Crippen LogP contribution is 2.46. The number of hydrogen-bond donors (Lipinski definition) is 0. The van der Waals surface area contributed by atoms with E-state index in [2.05, 4.69) is 455 Å². The molecular formula is C120H74N4O2. The zero-order valence-electron chi connectivity index (χ0n) is 68.3. The van der Waals surface area contributed by atoms with Crippen molar-refractivity contribution in [2.45, 2.75) is 0 Å². The molecule has 0 unspecified atom stereocenters. The number of fused-ring (bicyclic) bond motifs is 19. The lowest BCUT2D eigenvalue weighted by atomic mass is 9.96. The van der Waals surface area contributed by atoms with E-state index in [0.29, 0.717) is 0 Å². The molecule has 0 aliphatic heterocycles. The fourth-order valence-electron chi connectivity index (χ4n) is 20.2. The number of nitrogens with zero attached hydrogens (tertiary/aromatic N) is 4. The number of furan rings is 2. The summed E-state index contributed by atoms with van der Waals surface area (Å²) in [7, 11) is 0. The molecule has 0 aliphatic rings. The highest BCUT2D eigenvalue weighted by Gasteiger charge is 2.24. The quantitative estimate of drug-likeness (QED) is 0.115. The summed E-state index contributed by atoms with van der Waals surface area (Å²) in [4.78, 5) is 0. The topological polar surface area (TPSA) is 46.0 Å². The molecule has 0 amide bonds. The Bertz CT molecular complexity index is 8870. The summed E-state index contributed by atoms with van der Waals surface area (Å²) in [5, 5.41) is 14.3. The standard InChI is InChI=1S/C120H74N4O2/c1-3-16-75(17-4-1)89-50-62-98-100-64-52-91(71-112(100)123(110(98)69-89)95-58-46-83(47-59-95)79-34-30-77(31-35-79)81-42-54-93(55-43-81)121-108-27-12-8-24-103(108)119-109(121)66-67-117-120(119)104-25-10-14-29-116(104)125-117)86-40-38-85(39-41-86)87-20-15-21-88(68-87)92-53-65-101-99-63-51-90(76-18-5-2-6-19-76)70-111(99)124(113(101)72-92)96-60-48-84(49-61-96)80-36-32-78(33-37-80)82-44-56-94(57-45-82)122-107-26-11-7-22-97(107)105-73-106-102-23-9-13-28-115(102)126-118(106)74-114(105)122/h1-74H. The van der Waals surface area contributed by atoms with Gasteiger partial charge in [0.05, 0.1) is 44.1 Å². The molecule has 0 fully saturated rings. The molecule has 6 heterocycles. The fourth-order valence-corrected chi connectivity index (χ4v) is 20.2. The molecule has 0 bridgehead atoms. The summed E-state index contributed by atoms with van der Waals surface area (Å²) in [6, 6.07) is 165. The third-order valence-corrected chi connectivity index (χ3v) is 26.4. The average Bonchev–Trinajstić information content (AvgIpc) is 1.56. The molecule has 20 aromatic carbocycles. The number of hydrogen-bond acceptors (Lipinski definition) is 2. The molecule has 0 saturated carbocycles. The third-order valence-electron chi connectivity index (χ3n) is 26.4. The number of rotatable bonds is 13. The van der Waals surface area contributed by atoms with Gasteiger partial charge in [-0.25, -0.2) is 0 Å². The van der Waals surface area contributed by atoms with E-state index in [1.807, 2.05) is 12.1 Å². The second-order valence-electron chi connectivity index (χ2n) is 33.4.